The average Bonchev–Trinajstić information content (AvgIpc) is 2.71. The van der Waals surface area contributed by atoms with Gasteiger partial charge in [0.2, 0.25) is 5.91 Å². The van der Waals surface area contributed by atoms with Crippen molar-refractivity contribution in [3.05, 3.63) is 29.8 Å². The van der Waals surface area contributed by atoms with Crippen LogP contribution >= 0.6 is 0 Å². The average molecular weight is 233 g/mol. The Morgan fingerprint density at radius 2 is 2.18 bits per heavy atom. The number of amides is 1. The van der Waals surface area contributed by atoms with Gasteiger partial charge in [-0.05, 0) is 24.5 Å². The lowest BCUT2D eigenvalue weighted by Gasteiger charge is -2.24. The summed E-state index contributed by atoms with van der Waals surface area (Å²) in [6, 6.07) is 6.77. The summed E-state index contributed by atoms with van der Waals surface area (Å²) in [5, 5.41) is 9.13. The van der Waals surface area contributed by atoms with Crippen LogP contribution in [-0.2, 0) is 16.0 Å². The summed E-state index contributed by atoms with van der Waals surface area (Å²) in [6.07, 6.45) is 1.49. The van der Waals surface area contributed by atoms with E-state index in [0.717, 1.165) is 17.7 Å². The molecule has 1 unspecified atom stereocenters. The van der Waals surface area contributed by atoms with Gasteiger partial charge in [-0.3, -0.25) is 9.69 Å². The van der Waals surface area contributed by atoms with Crippen LogP contribution in [0.15, 0.2) is 24.3 Å². The highest BCUT2D eigenvalue weighted by atomic mass is 16.4. The first-order valence-corrected chi connectivity index (χ1v) is 5.78. The van der Waals surface area contributed by atoms with Crippen LogP contribution in [0.4, 0.5) is 5.69 Å². The minimum absolute atomic E-state index is 0.0988. The number of carbonyl (C=O) groups excluding carboxylic acids is 1. The number of aryl methyl sites for hydroxylation is 1. The SMILES string of the molecule is CCc1ccccc1N1C(=O)CCC1C(=O)O. The van der Waals surface area contributed by atoms with E-state index >= 15 is 0 Å². The molecule has 4 nitrogen and oxygen atoms in total. The summed E-state index contributed by atoms with van der Waals surface area (Å²) < 4.78 is 0. The van der Waals surface area contributed by atoms with Crippen molar-refractivity contribution in [3.8, 4) is 0 Å². The molecule has 1 aromatic rings. The Morgan fingerprint density at radius 3 is 2.82 bits per heavy atom. The minimum atomic E-state index is -0.929. The molecule has 17 heavy (non-hydrogen) atoms. The number of carboxylic acid groups (broad SMARTS) is 1. The van der Waals surface area contributed by atoms with Gasteiger partial charge in [-0.15, -0.1) is 0 Å². The monoisotopic (exact) mass is 233 g/mol. The number of hydrogen-bond acceptors (Lipinski definition) is 2. The molecule has 1 atom stereocenters. The van der Waals surface area contributed by atoms with Gasteiger partial charge in [-0.1, -0.05) is 25.1 Å². The van der Waals surface area contributed by atoms with Crippen LogP contribution in [0.1, 0.15) is 25.3 Å². The van der Waals surface area contributed by atoms with Crippen LogP contribution in [-0.4, -0.2) is 23.0 Å². The number of nitrogens with zero attached hydrogens (tertiary/aromatic N) is 1. The third-order valence-corrected chi connectivity index (χ3v) is 3.13. The summed E-state index contributed by atoms with van der Waals surface area (Å²) in [5.41, 5.74) is 1.75. The molecular formula is C13H15NO3. The highest BCUT2D eigenvalue weighted by molar-refractivity contribution is 6.02. The van der Waals surface area contributed by atoms with Crippen LogP contribution in [0.3, 0.4) is 0 Å². The number of aliphatic carboxylic acids is 1. The van der Waals surface area contributed by atoms with Gasteiger partial charge in [0.1, 0.15) is 6.04 Å². The van der Waals surface area contributed by atoms with Crippen molar-refractivity contribution in [2.24, 2.45) is 0 Å². The summed E-state index contributed by atoms with van der Waals surface area (Å²) in [5.74, 6) is -1.03. The van der Waals surface area contributed by atoms with Crippen molar-refractivity contribution in [2.75, 3.05) is 4.90 Å². The van der Waals surface area contributed by atoms with Crippen LogP contribution in [0.5, 0.6) is 0 Å². The molecule has 90 valence electrons. The van der Waals surface area contributed by atoms with Gasteiger partial charge in [-0.2, -0.15) is 0 Å². The van der Waals surface area contributed by atoms with Crippen LogP contribution in [0.2, 0.25) is 0 Å². The summed E-state index contributed by atoms with van der Waals surface area (Å²) >= 11 is 0. The fourth-order valence-electron chi connectivity index (χ4n) is 2.26. The van der Waals surface area contributed by atoms with E-state index in [4.69, 9.17) is 5.11 Å². The largest absolute Gasteiger partial charge is 0.480 e. The normalized spacial score (nSPS) is 19.7. The number of para-hydroxylation sites is 1. The van der Waals surface area contributed by atoms with Gasteiger partial charge in [0, 0.05) is 12.1 Å². The molecule has 0 aliphatic carbocycles. The molecule has 1 aliphatic rings. The first-order valence-electron chi connectivity index (χ1n) is 5.78. The fraction of sp³-hybridized carbons (Fsp3) is 0.385. The van der Waals surface area contributed by atoms with E-state index in [9.17, 15) is 9.59 Å². The number of hydrogen-bond donors (Lipinski definition) is 1. The Balaban J connectivity index is 2.43. The van der Waals surface area contributed by atoms with E-state index in [1.54, 1.807) is 0 Å². The molecule has 0 spiro atoms. The molecule has 1 amide bonds. The van der Waals surface area contributed by atoms with Crippen molar-refractivity contribution in [3.63, 3.8) is 0 Å². The number of carbonyl (C=O) groups is 2. The number of anilines is 1. The highest BCUT2D eigenvalue weighted by Gasteiger charge is 2.37. The van der Waals surface area contributed by atoms with E-state index in [1.807, 2.05) is 31.2 Å². The number of rotatable bonds is 3. The number of benzene rings is 1. The van der Waals surface area contributed by atoms with Crippen molar-refractivity contribution in [2.45, 2.75) is 32.2 Å². The van der Waals surface area contributed by atoms with Crippen molar-refractivity contribution in [1.82, 2.24) is 0 Å². The topological polar surface area (TPSA) is 57.6 Å². The zero-order valence-corrected chi connectivity index (χ0v) is 9.72. The third kappa shape index (κ3) is 2.02. The van der Waals surface area contributed by atoms with Crippen molar-refractivity contribution in [1.29, 1.82) is 0 Å². The second-order valence-corrected chi connectivity index (χ2v) is 4.14. The second-order valence-electron chi connectivity index (χ2n) is 4.14. The van der Waals surface area contributed by atoms with E-state index in [-0.39, 0.29) is 5.91 Å². The molecular weight excluding hydrogens is 218 g/mol. The third-order valence-electron chi connectivity index (χ3n) is 3.13. The van der Waals surface area contributed by atoms with E-state index < -0.39 is 12.0 Å². The molecule has 1 fully saturated rings. The lowest BCUT2D eigenvalue weighted by molar-refractivity contribution is -0.138. The maximum Gasteiger partial charge on any atom is 0.326 e. The predicted octanol–water partition coefficient (Wildman–Crippen LogP) is 1.83. The second kappa shape index (κ2) is 4.57. The van der Waals surface area contributed by atoms with Gasteiger partial charge < -0.3 is 5.11 Å². The molecule has 1 saturated heterocycles. The Bertz CT molecular complexity index is 456. The molecule has 0 saturated carbocycles. The molecule has 1 N–H and O–H groups in total. The summed E-state index contributed by atoms with van der Waals surface area (Å²) in [6.45, 7) is 2.00. The van der Waals surface area contributed by atoms with Gasteiger partial charge in [0.05, 0.1) is 0 Å². The zero-order valence-electron chi connectivity index (χ0n) is 9.72. The summed E-state index contributed by atoms with van der Waals surface area (Å²) in [7, 11) is 0. The maximum atomic E-state index is 11.8. The molecule has 1 aliphatic heterocycles. The Kier molecular flexibility index (Phi) is 3.13. The van der Waals surface area contributed by atoms with Crippen molar-refractivity contribution < 1.29 is 14.7 Å². The van der Waals surface area contributed by atoms with Crippen LogP contribution in [0.25, 0.3) is 0 Å². The fourth-order valence-corrected chi connectivity index (χ4v) is 2.26. The predicted molar refractivity (Wildman–Crippen MR) is 64.0 cm³/mol. The molecule has 0 aromatic heterocycles. The van der Waals surface area contributed by atoms with Crippen molar-refractivity contribution >= 4 is 17.6 Å². The lowest BCUT2D eigenvalue weighted by Crippen LogP contribution is -2.39. The lowest BCUT2D eigenvalue weighted by atomic mass is 10.1. The van der Waals surface area contributed by atoms with E-state index in [1.165, 1.54) is 4.90 Å². The molecule has 0 bridgehead atoms. The minimum Gasteiger partial charge on any atom is -0.480 e. The molecule has 1 aromatic carbocycles. The Labute approximate surface area is 99.9 Å². The summed E-state index contributed by atoms with van der Waals surface area (Å²) in [4.78, 5) is 24.4. The van der Waals surface area contributed by atoms with Crippen LogP contribution < -0.4 is 4.90 Å². The quantitative estimate of drug-likeness (QED) is 0.866. The first kappa shape index (κ1) is 11.6. The Hall–Kier alpha value is -1.84. The maximum absolute atomic E-state index is 11.8. The van der Waals surface area contributed by atoms with Gasteiger partial charge >= 0.3 is 5.97 Å². The number of carboxylic acids is 1. The highest BCUT2D eigenvalue weighted by Crippen LogP contribution is 2.29. The smallest absolute Gasteiger partial charge is 0.326 e. The van der Waals surface area contributed by atoms with E-state index in [0.29, 0.717) is 12.8 Å². The van der Waals surface area contributed by atoms with Gasteiger partial charge in [0.25, 0.3) is 0 Å². The van der Waals surface area contributed by atoms with Gasteiger partial charge in [-0.25, -0.2) is 4.79 Å². The molecule has 1 heterocycles. The Morgan fingerprint density at radius 1 is 1.47 bits per heavy atom. The van der Waals surface area contributed by atoms with E-state index in [2.05, 4.69) is 0 Å². The molecule has 2 rings (SSSR count). The van der Waals surface area contributed by atoms with Crippen LogP contribution in [0, 0.1) is 0 Å². The first-order chi connectivity index (χ1) is 8.15. The standard InChI is InChI=1S/C13H15NO3/c1-2-9-5-3-4-6-10(9)14-11(13(16)17)7-8-12(14)15/h3-6,11H,2,7-8H2,1H3,(H,16,17). The molecule has 4 heteroatoms. The molecule has 0 radical (unpaired) electrons. The zero-order chi connectivity index (χ0) is 12.4. The van der Waals surface area contributed by atoms with Gasteiger partial charge in [0.15, 0.2) is 0 Å².